The standard InChI is InChI=1S/C29H32F2N9O3/c1-29(2,3)20-7-21(37-40(20)11-16-13-42-14-18(16)41)35-28-36-26-24(38(28)4)23(25(30)31)19(9-33-26)43-17-8-32-22-10-34-27(15-5-6-15)39(22)12-17/h7-12,15-16,18,25,41H,5-6,13-14H2,1-4H3,(H,33,35,36,37)/q+1/b40-11-/t16?,18-/m0/s1. The number of aliphatic hydroxyl groups is 1. The normalized spacial score (nSPS) is 22.8. The molecule has 6 heterocycles. The number of pyridine rings is 1. The van der Waals surface area contributed by atoms with Crippen LogP contribution in [0.5, 0.6) is 11.5 Å². The van der Waals surface area contributed by atoms with E-state index in [2.05, 4.69) is 51.1 Å². The van der Waals surface area contributed by atoms with Crippen molar-refractivity contribution in [2.75, 3.05) is 13.2 Å². The van der Waals surface area contributed by atoms with E-state index in [1.54, 1.807) is 19.4 Å². The van der Waals surface area contributed by atoms with Gasteiger partial charge < -0.3 is 19.1 Å². The Morgan fingerprint density at radius 1 is 1.19 bits per heavy atom. The summed E-state index contributed by atoms with van der Waals surface area (Å²) in [5.41, 5.74) is 4.46. The number of hydrazone groups is 1. The first kappa shape index (κ1) is 27.5. The zero-order valence-corrected chi connectivity index (χ0v) is 24.2. The van der Waals surface area contributed by atoms with Gasteiger partial charge in [0.1, 0.15) is 11.3 Å². The van der Waals surface area contributed by atoms with Crippen LogP contribution >= 0.6 is 0 Å². The highest BCUT2D eigenvalue weighted by molar-refractivity contribution is 5.96. The number of amidine groups is 1. The van der Waals surface area contributed by atoms with Crippen LogP contribution in [0.25, 0.3) is 16.8 Å². The Labute approximate surface area is 245 Å². The van der Waals surface area contributed by atoms with Gasteiger partial charge in [0.2, 0.25) is 11.6 Å². The van der Waals surface area contributed by atoms with Crippen molar-refractivity contribution >= 4 is 34.8 Å². The second kappa shape index (κ2) is 10.2. The van der Waals surface area contributed by atoms with Crippen LogP contribution in [0.3, 0.4) is 0 Å². The summed E-state index contributed by atoms with van der Waals surface area (Å²) in [6.07, 6.45) is 8.56. The molecule has 14 heteroatoms. The van der Waals surface area contributed by atoms with Crippen LogP contribution in [0.1, 0.15) is 57.3 Å². The number of aryl methyl sites for hydroxylation is 1. The minimum atomic E-state index is -2.87. The van der Waals surface area contributed by atoms with Gasteiger partial charge in [-0.3, -0.25) is 4.40 Å². The largest absolute Gasteiger partial charge is 0.452 e. The molecule has 4 aromatic rings. The van der Waals surface area contributed by atoms with Crippen molar-refractivity contribution in [1.29, 1.82) is 0 Å². The Morgan fingerprint density at radius 2 is 2.00 bits per heavy atom. The second-order valence-electron chi connectivity index (χ2n) is 12.2. The van der Waals surface area contributed by atoms with E-state index in [4.69, 9.17) is 9.47 Å². The molecule has 7 rings (SSSR count). The molecule has 43 heavy (non-hydrogen) atoms. The summed E-state index contributed by atoms with van der Waals surface area (Å²) in [6, 6.07) is 0. The van der Waals surface area contributed by atoms with Crippen LogP contribution in [0.4, 0.5) is 14.7 Å². The van der Waals surface area contributed by atoms with Crippen molar-refractivity contribution in [3.8, 4) is 11.5 Å². The second-order valence-corrected chi connectivity index (χ2v) is 12.2. The van der Waals surface area contributed by atoms with Gasteiger partial charge in [0.05, 0.1) is 61.7 Å². The molecule has 0 aromatic carbocycles. The van der Waals surface area contributed by atoms with Crippen LogP contribution in [0, 0.1) is 11.3 Å². The smallest absolute Gasteiger partial charge is 0.269 e. The van der Waals surface area contributed by atoms with Crippen molar-refractivity contribution in [3.63, 3.8) is 0 Å². The summed E-state index contributed by atoms with van der Waals surface area (Å²) in [7, 11) is 1.62. The van der Waals surface area contributed by atoms with Crippen LogP contribution in [-0.4, -0.2) is 70.1 Å². The van der Waals surface area contributed by atoms with E-state index < -0.39 is 12.5 Å². The Morgan fingerprint density at radius 3 is 2.70 bits per heavy atom. The number of alkyl halides is 2. The summed E-state index contributed by atoms with van der Waals surface area (Å²) in [6.45, 7) is 6.89. The predicted molar refractivity (Wildman–Crippen MR) is 153 cm³/mol. The number of nitrogens with zero attached hydrogens (tertiary/aromatic N) is 8. The van der Waals surface area contributed by atoms with Gasteiger partial charge in [0.15, 0.2) is 34.8 Å². The molecule has 2 N–H and O–H groups in total. The minimum Gasteiger partial charge on any atom is -0.452 e. The first-order valence-electron chi connectivity index (χ1n) is 14.2. The highest BCUT2D eigenvalue weighted by Crippen LogP contribution is 2.41. The lowest BCUT2D eigenvalue weighted by Crippen LogP contribution is -2.34. The molecule has 0 bridgehead atoms. The maximum Gasteiger partial charge on any atom is 0.269 e. The third-order valence-corrected chi connectivity index (χ3v) is 7.84. The van der Waals surface area contributed by atoms with Crippen LogP contribution in [-0.2, 0) is 11.8 Å². The third-order valence-electron chi connectivity index (χ3n) is 7.84. The zero-order chi connectivity index (χ0) is 30.0. The molecular formula is C29H32F2N9O3+. The lowest BCUT2D eigenvalue weighted by molar-refractivity contribution is -0.524. The molecule has 1 aliphatic carbocycles. The zero-order valence-electron chi connectivity index (χ0n) is 24.2. The Hall–Kier alpha value is -4.30. The first-order chi connectivity index (χ1) is 20.6. The van der Waals surface area contributed by atoms with Crippen molar-refractivity contribution in [2.45, 2.75) is 52.1 Å². The number of hydrogen-bond acceptors (Lipinski definition) is 8. The number of aliphatic imine (C=N–C) groups is 1. The maximum absolute atomic E-state index is 14.6. The fourth-order valence-electron chi connectivity index (χ4n) is 5.44. The summed E-state index contributed by atoms with van der Waals surface area (Å²) < 4.78 is 45.7. The van der Waals surface area contributed by atoms with Gasteiger partial charge in [-0.1, -0.05) is 25.5 Å². The molecular weight excluding hydrogens is 560 g/mol. The van der Waals surface area contributed by atoms with E-state index in [1.165, 1.54) is 17.0 Å². The molecule has 2 atom stereocenters. The molecule has 3 aliphatic rings. The van der Waals surface area contributed by atoms with E-state index in [0.717, 1.165) is 24.4 Å². The Balaban J connectivity index is 1.24. The monoisotopic (exact) mass is 592 g/mol. The molecule has 2 aliphatic heterocycles. The summed E-state index contributed by atoms with van der Waals surface area (Å²) in [5.74, 6) is 1.94. The van der Waals surface area contributed by atoms with E-state index in [1.807, 2.05) is 21.4 Å². The van der Waals surface area contributed by atoms with Crippen LogP contribution < -0.4 is 10.2 Å². The molecule has 1 saturated carbocycles. The van der Waals surface area contributed by atoms with Gasteiger partial charge in [-0.2, -0.15) is 9.98 Å². The number of ether oxygens (including phenoxy) is 2. The maximum atomic E-state index is 14.6. The minimum absolute atomic E-state index is 0.0917. The topological polar surface area (TPSA) is 127 Å². The van der Waals surface area contributed by atoms with Gasteiger partial charge in [-0.15, -0.1) is 5.43 Å². The molecule has 12 nitrogen and oxygen atoms in total. The number of nitrogens with one attached hydrogen (secondary N) is 1. The van der Waals surface area contributed by atoms with E-state index >= 15 is 0 Å². The lowest BCUT2D eigenvalue weighted by atomic mass is 9.92. The van der Waals surface area contributed by atoms with Crippen molar-refractivity contribution < 1.29 is 28.0 Å². The number of fused-ring (bicyclic) bond motifs is 2. The van der Waals surface area contributed by atoms with E-state index in [0.29, 0.717) is 29.8 Å². The molecule has 0 spiro atoms. The van der Waals surface area contributed by atoms with Gasteiger partial charge in [-0.25, -0.2) is 23.7 Å². The predicted octanol–water partition coefficient (Wildman–Crippen LogP) is 4.19. The number of allylic oxidation sites excluding steroid dienone is 1. The number of imidazole rings is 2. The SMILES string of the molecule is Cn1c(/N=C2C=C(C(C)(C)C)/[N+](=C/C3COC[C@@H]3O)N\2)nc2ncc(Oc3cnc4cnc(C5CC5)n4c3)c(C(F)F)c21. The average Bonchev–Trinajstić information content (AvgIpc) is 3.23. The molecule has 1 unspecified atom stereocenters. The molecule has 2 fully saturated rings. The Kier molecular flexibility index (Phi) is 6.50. The van der Waals surface area contributed by atoms with Gasteiger partial charge in [0.25, 0.3) is 6.43 Å². The summed E-state index contributed by atoms with van der Waals surface area (Å²) >= 11 is 0. The fourth-order valence-corrected chi connectivity index (χ4v) is 5.44. The summed E-state index contributed by atoms with van der Waals surface area (Å²) in [4.78, 5) is 22.3. The number of aromatic nitrogens is 6. The first-order valence-corrected chi connectivity index (χ1v) is 14.2. The number of hydrogen-bond donors (Lipinski definition) is 2. The number of rotatable bonds is 6. The van der Waals surface area contributed by atoms with Crippen LogP contribution in [0.15, 0.2) is 41.6 Å². The van der Waals surface area contributed by atoms with Crippen molar-refractivity contribution in [1.82, 2.24) is 34.3 Å². The lowest BCUT2D eigenvalue weighted by Gasteiger charge is -2.15. The molecule has 1 saturated heterocycles. The highest BCUT2D eigenvalue weighted by atomic mass is 19.3. The molecule has 0 radical (unpaired) electrons. The summed E-state index contributed by atoms with van der Waals surface area (Å²) in [5, 5.41) is 10.3. The number of aliphatic hydroxyl groups excluding tert-OH is 1. The van der Waals surface area contributed by atoms with Gasteiger partial charge >= 0.3 is 0 Å². The molecule has 0 amide bonds. The Bertz CT molecular complexity index is 1830. The third kappa shape index (κ3) is 5.03. The van der Waals surface area contributed by atoms with Gasteiger partial charge in [0, 0.05) is 18.4 Å². The highest BCUT2D eigenvalue weighted by Gasteiger charge is 2.38. The van der Waals surface area contributed by atoms with Gasteiger partial charge in [-0.05, 0) is 12.8 Å². The molecule has 4 aromatic heterocycles. The fraction of sp³-hybridized carbons (Fsp3) is 0.448. The van der Waals surface area contributed by atoms with Crippen molar-refractivity contribution in [2.24, 2.45) is 23.4 Å². The van der Waals surface area contributed by atoms with Crippen molar-refractivity contribution in [3.05, 3.63) is 47.9 Å². The van der Waals surface area contributed by atoms with Crippen LogP contribution in [0.2, 0.25) is 0 Å². The quantitative estimate of drug-likeness (QED) is 0.319. The molecule has 224 valence electrons. The number of halogens is 2. The average molecular weight is 593 g/mol. The van der Waals surface area contributed by atoms with E-state index in [9.17, 15) is 13.9 Å². The number of hydrazine groups is 1. The van der Waals surface area contributed by atoms with E-state index in [-0.39, 0.29) is 46.4 Å².